The quantitative estimate of drug-likeness (QED) is 0.159. The fourth-order valence-electron chi connectivity index (χ4n) is 10.1. The average Bonchev–Trinajstić information content (AvgIpc) is 3.75. The number of aromatic nitrogens is 1. The molecule has 1 heterocycles. The van der Waals surface area contributed by atoms with Crippen molar-refractivity contribution < 1.29 is 0 Å². The summed E-state index contributed by atoms with van der Waals surface area (Å²) in [6, 6.07) is 76.2. The molecule has 12 rings (SSSR count). The largest absolute Gasteiger partial charge is 0.310 e. The van der Waals surface area contributed by atoms with E-state index in [2.05, 4.69) is 230 Å². The first-order valence-corrected chi connectivity index (χ1v) is 20.6. The summed E-state index contributed by atoms with van der Waals surface area (Å²) in [5.41, 5.74) is 14.6. The highest BCUT2D eigenvalue weighted by Gasteiger charge is 2.36. The number of hydrogen-bond acceptors (Lipinski definition) is 1. The van der Waals surface area contributed by atoms with Crippen molar-refractivity contribution in [1.82, 2.24) is 4.57 Å². The summed E-state index contributed by atoms with van der Waals surface area (Å²) >= 11 is 0. The summed E-state index contributed by atoms with van der Waals surface area (Å²) in [5.74, 6) is 0. The van der Waals surface area contributed by atoms with Crippen LogP contribution in [0.1, 0.15) is 25.0 Å². The Hall–Kier alpha value is -7.42. The van der Waals surface area contributed by atoms with Gasteiger partial charge in [-0.1, -0.05) is 159 Å². The molecule has 1 aromatic heterocycles. The zero-order valence-electron chi connectivity index (χ0n) is 33.0. The van der Waals surface area contributed by atoms with Crippen LogP contribution in [0.15, 0.2) is 206 Å². The van der Waals surface area contributed by atoms with E-state index in [1.807, 2.05) is 0 Å². The molecule has 278 valence electrons. The van der Waals surface area contributed by atoms with Gasteiger partial charge in [0.2, 0.25) is 0 Å². The normalized spacial score (nSPS) is 13.1. The van der Waals surface area contributed by atoms with Gasteiger partial charge < -0.3 is 9.47 Å². The molecule has 0 unspecified atom stereocenters. The smallest absolute Gasteiger partial charge is 0.0625 e. The molecule has 1 aliphatic carbocycles. The Labute approximate surface area is 343 Å². The third kappa shape index (κ3) is 5.06. The van der Waals surface area contributed by atoms with E-state index in [1.54, 1.807) is 0 Å². The van der Waals surface area contributed by atoms with E-state index in [0.717, 1.165) is 22.7 Å². The van der Waals surface area contributed by atoms with Crippen LogP contribution in [0.4, 0.5) is 17.1 Å². The topological polar surface area (TPSA) is 8.17 Å². The highest BCUT2D eigenvalue weighted by molar-refractivity contribution is 6.32. The summed E-state index contributed by atoms with van der Waals surface area (Å²) in [4.78, 5) is 2.46. The second kappa shape index (κ2) is 12.8. The van der Waals surface area contributed by atoms with E-state index in [0.29, 0.717) is 0 Å². The van der Waals surface area contributed by atoms with E-state index < -0.39 is 0 Å². The number of fused-ring (bicyclic) bond motifs is 12. The maximum atomic E-state index is 2.47. The Bertz CT molecular complexity index is 3460. The summed E-state index contributed by atoms with van der Waals surface area (Å²) in [6.45, 7) is 4.73. The van der Waals surface area contributed by atoms with Crippen LogP contribution in [0.2, 0.25) is 0 Å². The number of anilines is 3. The van der Waals surface area contributed by atoms with Crippen LogP contribution < -0.4 is 4.90 Å². The average molecular weight is 753 g/mol. The fourth-order valence-corrected chi connectivity index (χ4v) is 10.1. The maximum absolute atomic E-state index is 2.47. The number of para-hydroxylation sites is 1. The molecule has 10 aromatic carbocycles. The predicted molar refractivity (Wildman–Crippen MR) is 251 cm³/mol. The van der Waals surface area contributed by atoms with Crippen LogP contribution in [0.25, 0.3) is 82.1 Å². The molecule has 0 saturated carbocycles. The second-order valence-corrected chi connectivity index (χ2v) is 16.5. The summed E-state index contributed by atoms with van der Waals surface area (Å²) in [5, 5.41) is 10.1. The van der Waals surface area contributed by atoms with Crippen molar-refractivity contribution in [2.45, 2.75) is 19.3 Å². The molecule has 0 fully saturated rings. The van der Waals surface area contributed by atoms with Gasteiger partial charge in [-0.25, -0.2) is 0 Å². The molecular weight excluding hydrogens is 713 g/mol. The van der Waals surface area contributed by atoms with Gasteiger partial charge in [0, 0.05) is 44.3 Å². The van der Waals surface area contributed by atoms with E-state index in [1.165, 1.54) is 87.5 Å². The van der Waals surface area contributed by atoms with Crippen molar-refractivity contribution in [2.75, 3.05) is 4.90 Å². The molecule has 0 bridgehead atoms. The molecule has 59 heavy (non-hydrogen) atoms. The third-order valence-corrected chi connectivity index (χ3v) is 12.9. The minimum atomic E-state index is -0.124. The standard InChI is InChI=1S/C57H40N2/c1-57(2)52-23-13-12-20-47(52)48-32-30-44(36-53(48)57)58(42-28-26-38(27-29-42)40-25-24-37-14-6-7-15-39(37)34-40)43-31-33-54-51(35-43)55-49-21-10-8-18-45(49)46-19-9-11-22-50(46)56(55)59(54)41-16-4-3-5-17-41/h3-36H,1-2H3. The molecular formula is C57H40N2. The lowest BCUT2D eigenvalue weighted by atomic mass is 9.82. The van der Waals surface area contributed by atoms with Gasteiger partial charge in [0.1, 0.15) is 0 Å². The van der Waals surface area contributed by atoms with Gasteiger partial charge in [-0.15, -0.1) is 0 Å². The lowest BCUT2D eigenvalue weighted by Crippen LogP contribution is -2.16. The summed E-state index contributed by atoms with van der Waals surface area (Å²) < 4.78 is 2.47. The lowest BCUT2D eigenvalue weighted by molar-refractivity contribution is 0.660. The van der Waals surface area contributed by atoms with E-state index in [4.69, 9.17) is 0 Å². The Morgan fingerprint density at radius 3 is 1.80 bits per heavy atom. The van der Waals surface area contributed by atoms with Crippen LogP contribution >= 0.6 is 0 Å². The Morgan fingerprint density at radius 2 is 0.983 bits per heavy atom. The van der Waals surface area contributed by atoms with Crippen molar-refractivity contribution >= 4 is 71.2 Å². The van der Waals surface area contributed by atoms with Crippen LogP contribution in [0.5, 0.6) is 0 Å². The van der Waals surface area contributed by atoms with Gasteiger partial charge in [0.15, 0.2) is 0 Å². The first-order valence-electron chi connectivity index (χ1n) is 20.6. The number of hydrogen-bond donors (Lipinski definition) is 0. The SMILES string of the molecule is CC1(C)c2ccccc2-c2ccc(N(c3ccc(-c4ccc5ccccc5c4)cc3)c3ccc4c(c3)c3c5ccccc5c5ccccc5c3n4-c3ccccc3)cc21. The molecule has 0 atom stereocenters. The van der Waals surface area contributed by atoms with Gasteiger partial charge in [-0.05, 0) is 121 Å². The molecule has 0 aliphatic heterocycles. The zero-order chi connectivity index (χ0) is 39.2. The van der Waals surface area contributed by atoms with Gasteiger partial charge in [-0.3, -0.25) is 0 Å². The van der Waals surface area contributed by atoms with Crippen molar-refractivity contribution in [3.63, 3.8) is 0 Å². The zero-order valence-corrected chi connectivity index (χ0v) is 33.0. The molecule has 0 spiro atoms. The lowest BCUT2D eigenvalue weighted by Gasteiger charge is -2.28. The number of rotatable bonds is 5. The van der Waals surface area contributed by atoms with Crippen LogP contribution in [-0.2, 0) is 5.41 Å². The molecule has 1 aliphatic rings. The van der Waals surface area contributed by atoms with Gasteiger partial charge in [0.05, 0.1) is 11.0 Å². The fraction of sp³-hybridized carbons (Fsp3) is 0.0526. The van der Waals surface area contributed by atoms with E-state index >= 15 is 0 Å². The minimum absolute atomic E-state index is 0.124. The number of nitrogens with zero attached hydrogens (tertiary/aromatic N) is 2. The first-order chi connectivity index (χ1) is 29.0. The molecule has 2 nitrogen and oxygen atoms in total. The predicted octanol–water partition coefficient (Wildman–Crippen LogP) is 15.7. The Morgan fingerprint density at radius 1 is 0.390 bits per heavy atom. The molecule has 0 N–H and O–H groups in total. The molecule has 0 radical (unpaired) electrons. The van der Waals surface area contributed by atoms with Crippen molar-refractivity contribution in [1.29, 1.82) is 0 Å². The van der Waals surface area contributed by atoms with Gasteiger partial charge in [-0.2, -0.15) is 0 Å². The summed E-state index contributed by atoms with van der Waals surface area (Å²) in [6.07, 6.45) is 0. The van der Waals surface area contributed by atoms with E-state index in [9.17, 15) is 0 Å². The first kappa shape index (κ1) is 33.7. The van der Waals surface area contributed by atoms with Crippen molar-refractivity contribution in [3.8, 4) is 27.9 Å². The van der Waals surface area contributed by atoms with Gasteiger partial charge >= 0.3 is 0 Å². The van der Waals surface area contributed by atoms with Gasteiger partial charge in [0.25, 0.3) is 0 Å². The molecule has 0 saturated heterocycles. The van der Waals surface area contributed by atoms with Crippen molar-refractivity contribution in [2.24, 2.45) is 0 Å². The second-order valence-electron chi connectivity index (χ2n) is 16.5. The number of benzene rings is 10. The highest BCUT2D eigenvalue weighted by Crippen LogP contribution is 2.51. The highest BCUT2D eigenvalue weighted by atomic mass is 15.1. The Balaban J connectivity index is 1.11. The maximum Gasteiger partial charge on any atom is 0.0625 e. The Kier molecular flexibility index (Phi) is 7.31. The van der Waals surface area contributed by atoms with E-state index in [-0.39, 0.29) is 5.41 Å². The van der Waals surface area contributed by atoms with Crippen molar-refractivity contribution in [3.05, 3.63) is 217 Å². The van der Waals surface area contributed by atoms with Crippen LogP contribution in [0, 0.1) is 0 Å². The van der Waals surface area contributed by atoms with Crippen LogP contribution in [0.3, 0.4) is 0 Å². The molecule has 11 aromatic rings. The molecule has 2 heteroatoms. The van der Waals surface area contributed by atoms with Crippen LogP contribution in [-0.4, -0.2) is 4.57 Å². The molecule has 0 amide bonds. The summed E-state index contributed by atoms with van der Waals surface area (Å²) in [7, 11) is 0. The monoisotopic (exact) mass is 752 g/mol. The minimum Gasteiger partial charge on any atom is -0.310 e. The third-order valence-electron chi connectivity index (χ3n) is 12.9.